The molecule has 0 aliphatic carbocycles. The summed E-state index contributed by atoms with van der Waals surface area (Å²) in [6, 6.07) is 5.88. The zero-order chi connectivity index (χ0) is 30.2. The van der Waals surface area contributed by atoms with Crippen LogP contribution in [0.1, 0.15) is 58.9 Å². The number of rotatable bonds is 13. The summed E-state index contributed by atoms with van der Waals surface area (Å²) < 4.78 is 48.7. The average Bonchev–Trinajstić information content (AvgIpc) is 3.30. The Morgan fingerprint density at radius 3 is 2.39 bits per heavy atom. The standard InChI is InChI=1S/C28H43N3O9S/c1-6-7-16-41(35,36)29-24(26(33)37-5)17-20-8-10-22(11-9-20)38-19-23-18-31(27(34)39-23)30-14-12-21(13-15-30)25(32)40-28(2,3)4/h8-11,21,23-24,29H,6-7,12-19H2,1-5H3. The second kappa shape index (κ2) is 14.3. The van der Waals surface area contributed by atoms with Gasteiger partial charge in [0.15, 0.2) is 6.10 Å². The van der Waals surface area contributed by atoms with Crippen LogP contribution in [0.15, 0.2) is 24.3 Å². The number of sulfonamides is 1. The molecule has 1 aromatic carbocycles. The third kappa shape index (κ3) is 10.2. The van der Waals surface area contributed by atoms with Crippen LogP contribution in [0.25, 0.3) is 0 Å². The van der Waals surface area contributed by atoms with Crippen LogP contribution >= 0.6 is 0 Å². The molecule has 2 aliphatic heterocycles. The number of esters is 2. The maximum absolute atomic E-state index is 12.5. The van der Waals surface area contributed by atoms with Crippen LogP contribution in [0.4, 0.5) is 4.79 Å². The molecule has 13 heteroatoms. The Bertz CT molecular complexity index is 1140. The molecule has 1 aromatic rings. The normalized spacial score (nSPS) is 19.5. The van der Waals surface area contributed by atoms with Crippen molar-refractivity contribution in [3.8, 4) is 5.75 Å². The zero-order valence-electron chi connectivity index (χ0n) is 24.6. The van der Waals surface area contributed by atoms with Gasteiger partial charge in [0, 0.05) is 13.1 Å². The second-order valence-electron chi connectivity index (χ2n) is 11.4. The van der Waals surface area contributed by atoms with E-state index >= 15 is 0 Å². The Morgan fingerprint density at radius 2 is 1.80 bits per heavy atom. The van der Waals surface area contributed by atoms with E-state index in [4.69, 9.17) is 18.9 Å². The van der Waals surface area contributed by atoms with Gasteiger partial charge < -0.3 is 18.9 Å². The third-order valence-corrected chi connectivity index (χ3v) is 8.25. The summed E-state index contributed by atoms with van der Waals surface area (Å²) in [7, 11) is -2.40. The first-order valence-corrected chi connectivity index (χ1v) is 15.7. The number of carbonyl (C=O) groups excluding carboxylic acids is 3. The highest BCUT2D eigenvalue weighted by Crippen LogP contribution is 2.25. The topological polar surface area (TPSA) is 141 Å². The molecule has 12 nitrogen and oxygen atoms in total. The molecule has 2 aliphatic rings. The van der Waals surface area contributed by atoms with Gasteiger partial charge in [-0.25, -0.2) is 28.0 Å². The fourth-order valence-corrected chi connectivity index (χ4v) is 6.03. The number of methoxy groups -OCH3 is 1. The Balaban J connectivity index is 1.47. The lowest BCUT2D eigenvalue weighted by atomic mass is 9.97. The summed E-state index contributed by atoms with van der Waals surface area (Å²) in [5.41, 5.74) is 0.194. The smallest absolute Gasteiger partial charge is 0.425 e. The van der Waals surface area contributed by atoms with Gasteiger partial charge in [0.05, 0.1) is 25.3 Å². The van der Waals surface area contributed by atoms with E-state index in [0.717, 1.165) is 12.0 Å². The molecule has 0 saturated carbocycles. The van der Waals surface area contributed by atoms with E-state index in [1.54, 1.807) is 29.3 Å². The number of hydrogen-bond donors (Lipinski definition) is 1. The van der Waals surface area contributed by atoms with Crippen molar-refractivity contribution >= 4 is 28.1 Å². The molecule has 2 heterocycles. The Morgan fingerprint density at radius 1 is 1.15 bits per heavy atom. The highest BCUT2D eigenvalue weighted by atomic mass is 32.2. The van der Waals surface area contributed by atoms with Crippen LogP contribution in [-0.4, -0.2) is 93.3 Å². The first kappa shape index (κ1) is 32.6. The van der Waals surface area contributed by atoms with E-state index in [1.807, 2.05) is 32.7 Å². The minimum atomic E-state index is -3.62. The number of hydrogen-bond acceptors (Lipinski definition) is 10. The lowest BCUT2D eigenvalue weighted by Crippen LogP contribution is -2.49. The predicted octanol–water partition coefficient (Wildman–Crippen LogP) is 2.66. The number of carbonyl (C=O) groups is 3. The quantitative estimate of drug-likeness (QED) is 0.267. The predicted molar refractivity (Wildman–Crippen MR) is 150 cm³/mol. The largest absolute Gasteiger partial charge is 0.490 e. The maximum atomic E-state index is 12.5. The SMILES string of the molecule is CCCCS(=O)(=O)NC(Cc1ccc(OCC2CN(N3CCC(C(=O)OC(C)(C)C)CC3)C(=O)O2)cc1)C(=O)OC. The van der Waals surface area contributed by atoms with Gasteiger partial charge in [-0.15, -0.1) is 0 Å². The van der Waals surface area contributed by atoms with Gasteiger partial charge in [-0.3, -0.25) is 9.59 Å². The monoisotopic (exact) mass is 597 g/mol. The molecular weight excluding hydrogens is 554 g/mol. The molecule has 230 valence electrons. The van der Waals surface area contributed by atoms with Gasteiger partial charge in [0.25, 0.3) is 0 Å². The van der Waals surface area contributed by atoms with Crippen molar-refractivity contribution in [2.24, 2.45) is 5.92 Å². The van der Waals surface area contributed by atoms with Crippen LogP contribution < -0.4 is 9.46 Å². The Labute approximate surface area is 242 Å². The summed E-state index contributed by atoms with van der Waals surface area (Å²) in [6.45, 7) is 9.03. The summed E-state index contributed by atoms with van der Waals surface area (Å²) in [5.74, 6) is -0.563. The summed E-state index contributed by atoms with van der Waals surface area (Å²) in [5, 5.41) is 3.48. The number of benzene rings is 1. The number of piperidine rings is 1. The van der Waals surface area contributed by atoms with Crippen molar-refractivity contribution in [3.63, 3.8) is 0 Å². The van der Waals surface area contributed by atoms with Crippen molar-refractivity contribution in [2.75, 3.05) is 39.1 Å². The molecule has 2 saturated heterocycles. The number of nitrogens with zero attached hydrogens (tertiary/aromatic N) is 2. The first-order chi connectivity index (χ1) is 19.3. The molecular formula is C28H43N3O9S. The molecule has 2 unspecified atom stereocenters. The van der Waals surface area contributed by atoms with Crippen LogP contribution in [0, 0.1) is 5.92 Å². The van der Waals surface area contributed by atoms with Gasteiger partial charge in [-0.05, 0) is 64.2 Å². The van der Waals surface area contributed by atoms with E-state index in [9.17, 15) is 22.8 Å². The number of cyclic esters (lactones) is 1. The number of hydrazine groups is 1. The van der Waals surface area contributed by atoms with Crippen molar-refractivity contribution in [3.05, 3.63) is 29.8 Å². The number of nitrogens with one attached hydrogen (secondary N) is 1. The van der Waals surface area contributed by atoms with E-state index < -0.39 is 39.8 Å². The molecule has 2 atom stereocenters. The second-order valence-corrected chi connectivity index (χ2v) is 13.2. The van der Waals surface area contributed by atoms with E-state index in [0.29, 0.717) is 44.6 Å². The molecule has 1 amide bonds. The minimum absolute atomic E-state index is 0.0582. The van der Waals surface area contributed by atoms with Gasteiger partial charge in [-0.1, -0.05) is 25.5 Å². The Kier molecular flexibility index (Phi) is 11.4. The number of ether oxygens (including phenoxy) is 4. The van der Waals surface area contributed by atoms with Crippen molar-refractivity contribution in [1.29, 1.82) is 0 Å². The highest BCUT2D eigenvalue weighted by molar-refractivity contribution is 7.89. The lowest BCUT2D eigenvalue weighted by molar-refractivity contribution is -0.162. The molecule has 0 spiro atoms. The van der Waals surface area contributed by atoms with Gasteiger partial charge in [0.2, 0.25) is 10.0 Å². The van der Waals surface area contributed by atoms with Crippen LogP contribution in [0.3, 0.4) is 0 Å². The fraction of sp³-hybridized carbons (Fsp3) is 0.679. The van der Waals surface area contributed by atoms with E-state index in [-0.39, 0.29) is 30.7 Å². The van der Waals surface area contributed by atoms with Crippen LogP contribution in [0.5, 0.6) is 5.75 Å². The molecule has 0 bridgehead atoms. The third-order valence-electron chi connectivity index (χ3n) is 6.78. The Hall–Kier alpha value is -2.90. The van der Waals surface area contributed by atoms with E-state index in [2.05, 4.69) is 4.72 Å². The van der Waals surface area contributed by atoms with Crippen molar-refractivity contribution in [2.45, 2.75) is 77.5 Å². The lowest BCUT2D eigenvalue weighted by Gasteiger charge is -2.36. The van der Waals surface area contributed by atoms with Crippen molar-refractivity contribution in [1.82, 2.24) is 14.7 Å². The summed E-state index contributed by atoms with van der Waals surface area (Å²) in [4.78, 5) is 37.1. The molecule has 3 rings (SSSR count). The number of amides is 1. The van der Waals surface area contributed by atoms with Crippen LogP contribution in [-0.2, 0) is 40.2 Å². The minimum Gasteiger partial charge on any atom is -0.490 e. The van der Waals surface area contributed by atoms with Gasteiger partial charge in [-0.2, -0.15) is 0 Å². The summed E-state index contributed by atoms with van der Waals surface area (Å²) >= 11 is 0. The first-order valence-electron chi connectivity index (χ1n) is 14.1. The fourth-order valence-electron chi connectivity index (χ4n) is 4.63. The van der Waals surface area contributed by atoms with Gasteiger partial charge in [0.1, 0.15) is 24.0 Å². The molecule has 0 aromatic heterocycles. The molecule has 1 N–H and O–H groups in total. The van der Waals surface area contributed by atoms with Crippen LogP contribution in [0.2, 0.25) is 0 Å². The van der Waals surface area contributed by atoms with Gasteiger partial charge >= 0.3 is 18.0 Å². The molecule has 41 heavy (non-hydrogen) atoms. The zero-order valence-corrected chi connectivity index (χ0v) is 25.4. The maximum Gasteiger partial charge on any atom is 0.425 e. The molecule has 0 radical (unpaired) electrons. The van der Waals surface area contributed by atoms with Crippen molar-refractivity contribution < 1.29 is 41.7 Å². The number of unbranched alkanes of at least 4 members (excludes halogenated alkanes) is 1. The highest BCUT2D eigenvalue weighted by Gasteiger charge is 2.38. The molecule has 2 fully saturated rings. The summed E-state index contributed by atoms with van der Waals surface area (Å²) in [6.07, 6.45) is 1.63. The van der Waals surface area contributed by atoms with E-state index in [1.165, 1.54) is 7.11 Å². The average molecular weight is 598 g/mol.